The van der Waals surface area contributed by atoms with E-state index in [9.17, 15) is 13.0 Å². The number of hydrogen-bond acceptors (Lipinski definition) is 6. The Morgan fingerprint density at radius 3 is 2.45 bits per heavy atom. The van der Waals surface area contributed by atoms with Crippen LogP contribution in [0.15, 0.2) is 36.9 Å². The lowest BCUT2D eigenvalue weighted by molar-refractivity contribution is -0.692. The summed E-state index contributed by atoms with van der Waals surface area (Å²) in [6.45, 7) is 0.102. The highest BCUT2D eigenvalue weighted by atomic mass is 32.2. The number of nitrogens with zero attached hydrogens (tertiary/aromatic N) is 4. The standard InChI is InChI=1S/C12H10N4O3S/c13-7-11-8-15-12(9-14-11)10-1-3-16(4-2-10)5-6-20(17,18)19/h1-4,8-9H,5-6H2. The predicted molar refractivity (Wildman–Crippen MR) is 66.9 cm³/mol. The smallest absolute Gasteiger partial charge is 0.169 e. The maximum Gasteiger partial charge on any atom is 0.169 e. The maximum atomic E-state index is 10.5. The SMILES string of the molecule is N#Cc1cnc(-c2cc[n+](CCS(=O)(=O)[O-])cc2)cn1. The molecule has 0 amide bonds. The van der Waals surface area contributed by atoms with Crippen molar-refractivity contribution in [1.29, 1.82) is 5.26 Å². The van der Waals surface area contributed by atoms with Crippen LogP contribution in [0.2, 0.25) is 0 Å². The Kier molecular flexibility index (Phi) is 4.02. The Morgan fingerprint density at radius 1 is 1.25 bits per heavy atom. The lowest BCUT2D eigenvalue weighted by Crippen LogP contribution is -2.36. The fourth-order valence-electron chi connectivity index (χ4n) is 1.53. The monoisotopic (exact) mass is 290 g/mol. The third-order valence-corrected chi connectivity index (χ3v) is 3.24. The molecule has 102 valence electrons. The molecular formula is C12H10N4O3S. The average Bonchev–Trinajstić information content (AvgIpc) is 2.45. The third-order valence-electron chi connectivity index (χ3n) is 2.55. The summed E-state index contributed by atoms with van der Waals surface area (Å²) >= 11 is 0. The lowest BCUT2D eigenvalue weighted by Gasteiger charge is -2.04. The van der Waals surface area contributed by atoms with E-state index in [-0.39, 0.29) is 12.2 Å². The van der Waals surface area contributed by atoms with Crippen LogP contribution >= 0.6 is 0 Å². The molecule has 0 bridgehead atoms. The highest BCUT2D eigenvalue weighted by Gasteiger charge is 2.06. The van der Waals surface area contributed by atoms with E-state index in [1.165, 1.54) is 12.4 Å². The molecule has 2 heterocycles. The van der Waals surface area contributed by atoms with Gasteiger partial charge in [0.25, 0.3) is 0 Å². The largest absolute Gasteiger partial charge is 0.748 e. The first-order valence-electron chi connectivity index (χ1n) is 5.63. The number of aryl methyl sites for hydroxylation is 1. The summed E-state index contributed by atoms with van der Waals surface area (Å²) in [4.78, 5) is 8.01. The summed E-state index contributed by atoms with van der Waals surface area (Å²) in [6, 6.07) is 5.34. The van der Waals surface area contributed by atoms with Crippen molar-refractivity contribution < 1.29 is 17.5 Å². The summed E-state index contributed by atoms with van der Waals surface area (Å²) in [7, 11) is -4.22. The molecule has 0 spiro atoms. The second kappa shape index (κ2) is 5.73. The average molecular weight is 290 g/mol. The van der Waals surface area contributed by atoms with E-state index in [0.717, 1.165) is 5.56 Å². The fraction of sp³-hybridized carbons (Fsp3) is 0.167. The molecular weight excluding hydrogens is 280 g/mol. The molecule has 20 heavy (non-hydrogen) atoms. The van der Waals surface area contributed by atoms with E-state index < -0.39 is 15.9 Å². The van der Waals surface area contributed by atoms with E-state index in [1.54, 1.807) is 29.1 Å². The predicted octanol–water partition coefficient (Wildman–Crippen LogP) is -0.152. The van der Waals surface area contributed by atoms with Crippen LogP contribution in [0.1, 0.15) is 5.69 Å². The molecule has 0 aliphatic carbocycles. The molecule has 0 aliphatic rings. The Bertz CT molecular complexity index is 734. The molecule has 0 radical (unpaired) electrons. The highest BCUT2D eigenvalue weighted by Crippen LogP contribution is 2.13. The zero-order chi connectivity index (χ0) is 14.6. The van der Waals surface area contributed by atoms with Crippen molar-refractivity contribution in [3.8, 4) is 17.3 Å². The van der Waals surface area contributed by atoms with Gasteiger partial charge in [0.15, 0.2) is 24.6 Å². The van der Waals surface area contributed by atoms with Gasteiger partial charge in [-0.15, -0.1) is 0 Å². The van der Waals surface area contributed by atoms with Gasteiger partial charge in [0.05, 0.1) is 23.8 Å². The molecule has 0 saturated heterocycles. The van der Waals surface area contributed by atoms with Crippen LogP contribution in [0.3, 0.4) is 0 Å². The number of pyridine rings is 1. The maximum absolute atomic E-state index is 10.5. The first kappa shape index (κ1) is 14.0. The molecule has 7 nitrogen and oxygen atoms in total. The van der Waals surface area contributed by atoms with Crippen LogP contribution < -0.4 is 4.57 Å². The number of hydrogen-bond donors (Lipinski definition) is 0. The summed E-state index contributed by atoms with van der Waals surface area (Å²) in [6.07, 6.45) is 6.17. The van der Waals surface area contributed by atoms with Crippen molar-refractivity contribution in [3.63, 3.8) is 0 Å². The van der Waals surface area contributed by atoms with Gasteiger partial charge in [0.1, 0.15) is 16.2 Å². The molecule has 0 saturated carbocycles. The Labute approximate surface area is 115 Å². The van der Waals surface area contributed by atoms with Crippen molar-refractivity contribution in [2.45, 2.75) is 6.54 Å². The van der Waals surface area contributed by atoms with Gasteiger partial charge in [-0.3, -0.25) is 4.98 Å². The second-order valence-corrected chi connectivity index (χ2v) is 5.51. The summed E-state index contributed by atoms with van der Waals surface area (Å²) < 4.78 is 33.2. The van der Waals surface area contributed by atoms with E-state index in [1.807, 2.05) is 6.07 Å². The molecule has 2 aromatic heterocycles. The normalized spacial score (nSPS) is 11.0. The molecule has 8 heteroatoms. The Morgan fingerprint density at radius 2 is 1.95 bits per heavy atom. The van der Waals surface area contributed by atoms with Crippen LogP contribution in [0.25, 0.3) is 11.3 Å². The van der Waals surface area contributed by atoms with Crippen LogP contribution in [0.5, 0.6) is 0 Å². The van der Waals surface area contributed by atoms with Gasteiger partial charge in [-0.25, -0.2) is 18.0 Å². The van der Waals surface area contributed by atoms with Crippen molar-refractivity contribution in [2.75, 3.05) is 5.75 Å². The zero-order valence-corrected chi connectivity index (χ0v) is 11.1. The van der Waals surface area contributed by atoms with Crippen LogP contribution in [0.4, 0.5) is 0 Å². The topological polar surface area (TPSA) is 111 Å². The number of rotatable bonds is 4. The van der Waals surface area contributed by atoms with Crippen molar-refractivity contribution in [1.82, 2.24) is 9.97 Å². The molecule has 0 fully saturated rings. The minimum absolute atomic E-state index is 0.102. The van der Waals surface area contributed by atoms with E-state index in [2.05, 4.69) is 9.97 Å². The van der Waals surface area contributed by atoms with E-state index >= 15 is 0 Å². The zero-order valence-electron chi connectivity index (χ0n) is 10.3. The molecule has 2 rings (SSSR count). The minimum Gasteiger partial charge on any atom is -0.748 e. The van der Waals surface area contributed by atoms with Gasteiger partial charge in [-0.1, -0.05) is 0 Å². The lowest BCUT2D eigenvalue weighted by atomic mass is 10.2. The van der Waals surface area contributed by atoms with E-state index in [0.29, 0.717) is 5.69 Å². The second-order valence-electron chi connectivity index (χ2n) is 3.99. The van der Waals surface area contributed by atoms with E-state index in [4.69, 9.17) is 5.26 Å². The molecule has 0 aliphatic heterocycles. The van der Waals surface area contributed by atoms with Gasteiger partial charge >= 0.3 is 0 Å². The van der Waals surface area contributed by atoms with Crippen LogP contribution in [-0.2, 0) is 16.7 Å². The van der Waals surface area contributed by atoms with Gasteiger partial charge in [-0.05, 0) is 0 Å². The quantitative estimate of drug-likeness (QED) is 0.572. The summed E-state index contributed by atoms with van der Waals surface area (Å²) in [5, 5.41) is 8.63. The first-order valence-corrected chi connectivity index (χ1v) is 7.21. The van der Waals surface area contributed by atoms with Gasteiger partial charge in [0.2, 0.25) is 0 Å². The Hall–Kier alpha value is -2.37. The van der Waals surface area contributed by atoms with Crippen molar-refractivity contribution in [2.24, 2.45) is 0 Å². The molecule has 0 unspecified atom stereocenters. The van der Waals surface area contributed by atoms with Crippen molar-refractivity contribution in [3.05, 3.63) is 42.6 Å². The van der Waals surface area contributed by atoms with Gasteiger partial charge in [-0.2, -0.15) is 5.26 Å². The molecule has 2 aromatic rings. The fourth-order valence-corrected chi connectivity index (χ4v) is 1.96. The molecule has 0 aromatic carbocycles. The Balaban J connectivity index is 2.13. The summed E-state index contributed by atoms with van der Waals surface area (Å²) in [5.74, 6) is -0.451. The summed E-state index contributed by atoms with van der Waals surface area (Å²) in [5.41, 5.74) is 1.62. The number of nitriles is 1. The van der Waals surface area contributed by atoms with Crippen LogP contribution in [0, 0.1) is 11.3 Å². The van der Waals surface area contributed by atoms with Crippen molar-refractivity contribution >= 4 is 10.1 Å². The first-order chi connectivity index (χ1) is 9.48. The van der Waals surface area contributed by atoms with Gasteiger partial charge in [0, 0.05) is 17.7 Å². The van der Waals surface area contributed by atoms with Gasteiger partial charge < -0.3 is 4.55 Å². The third kappa shape index (κ3) is 3.81. The number of aromatic nitrogens is 3. The molecule has 0 N–H and O–H groups in total. The molecule has 0 atom stereocenters. The minimum atomic E-state index is -4.22. The van der Waals surface area contributed by atoms with Crippen LogP contribution in [-0.4, -0.2) is 28.7 Å². The highest BCUT2D eigenvalue weighted by molar-refractivity contribution is 7.85.